The van der Waals surface area contributed by atoms with Gasteiger partial charge in [0.25, 0.3) is 0 Å². The summed E-state index contributed by atoms with van der Waals surface area (Å²) in [5.74, 6) is 0.385. The second kappa shape index (κ2) is 3.60. The first kappa shape index (κ1) is 13.1. The normalized spacial score (nSPS) is 52.1. The Hall–Kier alpha value is -0.900. The van der Waals surface area contributed by atoms with Crippen LogP contribution in [0.1, 0.15) is 46.0 Å². The minimum Gasteiger partial charge on any atom is -0.469 e. The number of esters is 1. The molecule has 0 unspecified atom stereocenters. The first-order chi connectivity index (χ1) is 8.77. The lowest BCUT2D eigenvalue weighted by atomic mass is 9.69. The SMILES string of the molecule is COC(=O)[C@]1(C)C[C@@H]2C[C@@]3(O)CCC(=O)[C@@]3(C)[C@@H]2C1. The Morgan fingerprint density at radius 3 is 2.63 bits per heavy atom. The molecule has 106 valence electrons. The number of fused-ring (bicyclic) bond motifs is 3. The van der Waals surface area contributed by atoms with Gasteiger partial charge in [0.1, 0.15) is 5.78 Å². The first-order valence-corrected chi connectivity index (χ1v) is 7.11. The number of aliphatic hydroxyl groups is 1. The van der Waals surface area contributed by atoms with E-state index in [2.05, 4.69) is 0 Å². The van der Waals surface area contributed by atoms with E-state index in [4.69, 9.17) is 4.74 Å². The van der Waals surface area contributed by atoms with Crippen LogP contribution in [-0.2, 0) is 14.3 Å². The molecule has 0 aromatic carbocycles. The zero-order valence-electron chi connectivity index (χ0n) is 11.9. The van der Waals surface area contributed by atoms with Gasteiger partial charge >= 0.3 is 5.97 Å². The zero-order valence-corrected chi connectivity index (χ0v) is 11.9. The third kappa shape index (κ3) is 1.38. The predicted molar refractivity (Wildman–Crippen MR) is 68.3 cm³/mol. The molecule has 0 aromatic rings. The second-order valence-corrected chi connectivity index (χ2v) is 7.19. The Kier molecular flexibility index (Phi) is 2.48. The van der Waals surface area contributed by atoms with Crippen LogP contribution in [0.3, 0.4) is 0 Å². The largest absolute Gasteiger partial charge is 0.469 e. The fourth-order valence-electron chi connectivity index (χ4n) is 5.16. The summed E-state index contributed by atoms with van der Waals surface area (Å²) >= 11 is 0. The maximum atomic E-state index is 12.3. The third-order valence-electron chi connectivity index (χ3n) is 6.28. The lowest BCUT2D eigenvalue weighted by Crippen LogP contribution is -2.45. The summed E-state index contributed by atoms with van der Waals surface area (Å²) in [6.07, 6.45) is 3.12. The van der Waals surface area contributed by atoms with Crippen molar-refractivity contribution in [3.63, 3.8) is 0 Å². The maximum absolute atomic E-state index is 12.3. The lowest BCUT2D eigenvalue weighted by Gasteiger charge is -2.36. The molecule has 0 bridgehead atoms. The van der Waals surface area contributed by atoms with E-state index in [1.54, 1.807) is 0 Å². The number of methoxy groups -OCH3 is 1. The molecule has 3 fully saturated rings. The molecule has 1 N–H and O–H groups in total. The van der Waals surface area contributed by atoms with E-state index in [0.29, 0.717) is 25.7 Å². The van der Waals surface area contributed by atoms with Gasteiger partial charge in [-0.05, 0) is 51.4 Å². The highest BCUT2D eigenvalue weighted by molar-refractivity contribution is 5.90. The highest BCUT2D eigenvalue weighted by Gasteiger charge is 2.70. The van der Waals surface area contributed by atoms with Crippen LogP contribution in [0.15, 0.2) is 0 Å². The molecular formula is C15H22O4. The van der Waals surface area contributed by atoms with E-state index in [0.717, 1.165) is 6.42 Å². The summed E-state index contributed by atoms with van der Waals surface area (Å²) in [4.78, 5) is 24.3. The van der Waals surface area contributed by atoms with Crippen molar-refractivity contribution in [2.45, 2.75) is 51.6 Å². The smallest absolute Gasteiger partial charge is 0.311 e. The van der Waals surface area contributed by atoms with E-state index in [1.165, 1.54) is 7.11 Å². The molecule has 3 saturated carbocycles. The third-order valence-corrected chi connectivity index (χ3v) is 6.28. The topological polar surface area (TPSA) is 63.6 Å². The molecule has 0 aromatic heterocycles. The standard InChI is InChI=1S/C15H22O4/c1-13(12(17)19-3)6-9-7-15(18)5-4-11(16)14(15,2)10(9)8-13/h9-10,18H,4-8H2,1-3H3/t9-,10-,13-,14-,15+/m1/s1. The number of hydrogen-bond acceptors (Lipinski definition) is 4. The molecule has 5 atom stereocenters. The summed E-state index contributed by atoms with van der Waals surface area (Å²) in [7, 11) is 1.42. The average Bonchev–Trinajstić information content (AvgIpc) is 2.87. The second-order valence-electron chi connectivity index (χ2n) is 7.19. The van der Waals surface area contributed by atoms with Crippen molar-refractivity contribution in [3.05, 3.63) is 0 Å². The minimum absolute atomic E-state index is 0.122. The van der Waals surface area contributed by atoms with Crippen LogP contribution in [0.5, 0.6) is 0 Å². The van der Waals surface area contributed by atoms with Gasteiger partial charge in [-0.15, -0.1) is 0 Å². The number of ketones is 1. The van der Waals surface area contributed by atoms with Gasteiger partial charge in [0.2, 0.25) is 0 Å². The fourth-order valence-corrected chi connectivity index (χ4v) is 5.16. The van der Waals surface area contributed by atoms with Crippen molar-refractivity contribution in [3.8, 4) is 0 Å². The molecule has 4 nitrogen and oxygen atoms in total. The monoisotopic (exact) mass is 266 g/mol. The van der Waals surface area contributed by atoms with Gasteiger partial charge in [0.05, 0.1) is 23.5 Å². The van der Waals surface area contributed by atoms with Crippen molar-refractivity contribution < 1.29 is 19.4 Å². The summed E-state index contributed by atoms with van der Waals surface area (Å²) in [5.41, 5.74) is -1.97. The number of hydrogen-bond donors (Lipinski definition) is 1. The van der Waals surface area contributed by atoms with Crippen LogP contribution < -0.4 is 0 Å². The van der Waals surface area contributed by atoms with Crippen LogP contribution in [0.25, 0.3) is 0 Å². The molecule has 3 aliphatic rings. The summed E-state index contributed by atoms with van der Waals surface area (Å²) in [6.45, 7) is 3.84. The zero-order chi connectivity index (χ0) is 14.1. The van der Waals surface area contributed by atoms with Gasteiger partial charge in [0.15, 0.2) is 0 Å². The molecule has 19 heavy (non-hydrogen) atoms. The van der Waals surface area contributed by atoms with E-state index in [-0.39, 0.29) is 23.6 Å². The predicted octanol–water partition coefficient (Wildman–Crippen LogP) is 1.70. The highest BCUT2D eigenvalue weighted by atomic mass is 16.5. The van der Waals surface area contributed by atoms with E-state index in [1.807, 2.05) is 13.8 Å². The molecule has 0 spiro atoms. The molecule has 4 heteroatoms. The molecule has 0 saturated heterocycles. The number of ether oxygens (including phenoxy) is 1. The van der Waals surface area contributed by atoms with E-state index >= 15 is 0 Å². The Labute approximate surface area is 113 Å². The first-order valence-electron chi connectivity index (χ1n) is 7.11. The molecule has 0 radical (unpaired) electrons. The van der Waals surface area contributed by atoms with Crippen molar-refractivity contribution in [2.75, 3.05) is 7.11 Å². The van der Waals surface area contributed by atoms with Crippen LogP contribution in [-0.4, -0.2) is 29.6 Å². The molecule has 3 aliphatic carbocycles. The van der Waals surface area contributed by atoms with Gasteiger partial charge in [-0.25, -0.2) is 0 Å². The van der Waals surface area contributed by atoms with Crippen molar-refractivity contribution in [1.29, 1.82) is 0 Å². The Morgan fingerprint density at radius 1 is 1.32 bits per heavy atom. The Bertz CT molecular complexity index is 459. The number of carbonyl (C=O) groups excluding carboxylic acids is 2. The van der Waals surface area contributed by atoms with Gasteiger partial charge in [-0.3, -0.25) is 9.59 Å². The lowest BCUT2D eigenvalue weighted by molar-refractivity contribution is -0.153. The molecule has 3 rings (SSSR count). The van der Waals surface area contributed by atoms with Crippen LogP contribution in [0, 0.1) is 22.7 Å². The fraction of sp³-hybridized carbons (Fsp3) is 0.867. The Balaban J connectivity index is 1.94. The average molecular weight is 266 g/mol. The molecule has 0 amide bonds. The van der Waals surface area contributed by atoms with Crippen LogP contribution in [0.4, 0.5) is 0 Å². The summed E-state index contributed by atoms with van der Waals surface area (Å²) < 4.78 is 4.91. The van der Waals surface area contributed by atoms with Gasteiger partial charge in [-0.2, -0.15) is 0 Å². The number of carbonyl (C=O) groups is 2. The molecule has 0 heterocycles. The molecule has 0 aliphatic heterocycles. The van der Waals surface area contributed by atoms with Gasteiger partial charge in [0, 0.05) is 6.42 Å². The summed E-state index contributed by atoms with van der Waals surface area (Å²) in [5, 5.41) is 10.8. The van der Waals surface area contributed by atoms with Crippen LogP contribution >= 0.6 is 0 Å². The maximum Gasteiger partial charge on any atom is 0.311 e. The van der Waals surface area contributed by atoms with Crippen LogP contribution in [0.2, 0.25) is 0 Å². The van der Waals surface area contributed by atoms with Crippen molar-refractivity contribution in [1.82, 2.24) is 0 Å². The number of rotatable bonds is 1. The summed E-state index contributed by atoms with van der Waals surface area (Å²) in [6, 6.07) is 0. The van der Waals surface area contributed by atoms with Gasteiger partial charge in [-0.1, -0.05) is 0 Å². The quantitative estimate of drug-likeness (QED) is 0.734. The number of Topliss-reactive ketones (excluding diaryl/α,β-unsaturated/α-hetero) is 1. The van der Waals surface area contributed by atoms with Crippen molar-refractivity contribution in [2.24, 2.45) is 22.7 Å². The molecular weight excluding hydrogens is 244 g/mol. The minimum atomic E-state index is -0.836. The van der Waals surface area contributed by atoms with Gasteiger partial charge < -0.3 is 9.84 Å². The van der Waals surface area contributed by atoms with E-state index in [9.17, 15) is 14.7 Å². The highest BCUT2D eigenvalue weighted by Crippen LogP contribution is 2.67. The Morgan fingerprint density at radius 2 is 2.00 bits per heavy atom. The van der Waals surface area contributed by atoms with Crippen molar-refractivity contribution >= 4 is 11.8 Å². The van der Waals surface area contributed by atoms with E-state index < -0.39 is 16.4 Å².